The van der Waals surface area contributed by atoms with E-state index >= 15 is 0 Å². The number of nitrogens with one attached hydrogen (secondary N) is 2. The third-order valence-corrected chi connectivity index (χ3v) is 6.97. The highest BCUT2D eigenvalue weighted by molar-refractivity contribution is 5.99. The summed E-state index contributed by atoms with van der Waals surface area (Å²) < 4.78 is 12.3. The van der Waals surface area contributed by atoms with Crippen molar-refractivity contribution in [3.05, 3.63) is 23.8 Å². The first-order valence-corrected chi connectivity index (χ1v) is 9.44. The van der Waals surface area contributed by atoms with Gasteiger partial charge in [-0.05, 0) is 52.0 Å². The smallest absolute Gasteiger partial charge is 0.208 e. The van der Waals surface area contributed by atoms with E-state index in [1.807, 2.05) is 46.8 Å². The van der Waals surface area contributed by atoms with Gasteiger partial charge in [-0.3, -0.25) is 15.6 Å². The largest absolute Gasteiger partial charge is 0.474 e. The monoisotopic (exact) mass is 358 g/mol. The molecule has 1 saturated carbocycles. The summed E-state index contributed by atoms with van der Waals surface area (Å²) in [6.45, 7) is 11.8. The average molecular weight is 358 g/mol. The van der Waals surface area contributed by atoms with Gasteiger partial charge in [-0.1, -0.05) is 26.0 Å². The molecule has 2 aliphatic carbocycles. The summed E-state index contributed by atoms with van der Waals surface area (Å²) >= 11 is 0. The van der Waals surface area contributed by atoms with Gasteiger partial charge in [0, 0.05) is 17.4 Å². The normalized spacial score (nSPS) is 45.0. The summed E-state index contributed by atoms with van der Waals surface area (Å²) in [5.74, 6) is 0.374. The molecule has 0 bridgehead atoms. The van der Waals surface area contributed by atoms with Gasteiger partial charge in [-0.2, -0.15) is 0 Å². The Kier molecular flexibility index (Phi) is 4.40. The lowest BCUT2D eigenvalue weighted by Crippen LogP contribution is -2.52. The molecule has 2 N–H and O–H groups in total. The topological polar surface area (TPSA) is 83.2 Å². The minimum atomic E-state index is -0.746. The van der Waals surface area contributed by atoms with Crippen LogP contribution in [0.1, 0.15) is 48.0 Å². The molecule has 5 heteroatoms. The maximum Gasteiger partial charge on any atom is 0.208 e. The number of allylic oxidation sites excluding steroid dienone is 3. The average Bonchev–Trinajstić information content (AvgIpc) is 2.96. The Bertz CT molecular complexity index is 725. The number of carbonyl (C=O) groups is 1. The minimum Gasteiger partial charge on any atom is -0.474 e. The molecule has 0 unspecified atom stereocenters. The number of rotatable bonds is 2. The fourth-order valence-electron chi connectivity index (χ4n) is 5.40. The molecule has 0 radical (unpaired) electrons. The van der Waals surface area contributed by atoms with Crippen molar-refractivity contribution in [2.45, 2.75) is 59.7 Å². The lowest BCUT2D eigenvalue weighted by molar-refractivity contribution is -0.135. The fraction of sp³-hybridized carbons (Fsp3) is 0.667. The molecular weight excluding hydrogens is 328 g/mol. The zero-order valence-electron chi connectivity index (χ0n) is 16.6. The van der Waals surface area contributed by atoms with E-state index in [1.54, 1.807) is 6.08 Å². The first kappa shape index (κ1) is 18.9. The first-order valence-electron chi connectivity index (χ1n) is 9.44. The van der Waals surface area contributed by atoms with E-state index in [0.29, 0.717) is 0 Å². The molecule has 2 fully saturated rings. The Balaban J connectivity index is 2.14. The van der Waals surface area contributed by atoms with E-state index in [1.165, 1.54) is 0 Å². The summed E-state index contributed by atoms with van der Waals surface area (Å²) in [6, 6.07) is 0. The molecule has 3 rings (SSSR count). The standard InChI is InChI=1S/C21H30N2O3/c1-7-11(2)18(22)25-17-16-13(4)19(23)26-20(16,5)10-12(3)14-8-9-15(24)21(14,17)6/h7-9,12-14,16-17,22-23H,10H2,1-6H3/b11-7-,22-18?,23-19?/t12-,13+,14+,16+,17+,20-,21+/m1/s1. The molecule has 1 saturated heterocycles. The number of ether oxygens (including phenoxy) is 2. The highest BCUT2D eigenvalue weighted by Gasteiger charge is 2.65. The van der Waals surface area contributed by atoms with Crippen LogP contribution in [0.2, 0.25) is 0 Å². The van der Waals surface area contributed by atoms with Crippen LogP contribution in [-0.2, 0) is 14.3 Å². The summed E-state index contributed by atoms with van der Waals surface area (Å²) in [5, 5.41) is 16.6. The van der Waals surface area contributed by atoms with Crippen molar-refractivity contribution in [3.63, 3.8) is 0 Å². The molecule has 3 aliphatic rings. The van der Waals surface area contributed by atoms with E-state index in [4.69, 9.17) is 20.3 Å². The second-order valence-corrected chi connectivity index (χ2v) is 8.65. The van der Waals surface area contributed by atoms with Gasteiger partial charge >= 0.3 is 0 Å². The van der Waals surface area contributed by atoms with E-state index in [-0.39, 0.29) is 41.3 Å². The summed E-state index contributed by atoms with van der Waals surface area (Å²) in [4.78, 5) is 13.0. The van der Waals surface area contributed by atoms with Crippen LogP contribution in [0.3, 0.4) is 0 Å². The van der Waals surface area contributed by atoms with Gasteiger partial charge in [0.25, 0.3) is 0 Å². The Hall–Kier alpha value is -1.91. The lowest BCUT2D eigenvalue weighted by atomic mass is 9.65. The highest BCUT2D eigenvalue weighted by Crippen LogP contribution is 2.58. The maximum absolute atomic E-state index is 13.0. The van der Waals surface area contributed by atoms with Crippen LogP contribution in [0.15, 0.2) is 23.8 Å². The molecular formula is C21H30N2O3. The molecule has 142 valence electrons. The first-order chi connectivity index (χ1) is 12.1. The third kappa shape index (κ3) is 2.47. The molecule has 0 aromatic rings. The summed E-state index contributed by atoms with van der Waals surface area (Å²) in [7, 11) is 0. The van der Waals surface area contributed by atoms with Gasteiger partial charge in [-0.25, -0.2) is 0 Å². The van der Waals surface area contributed by atoms with Crippen LogP contribution >= 0.6 is 0 Å². The van der Waals surface area contributed by atoms with Crippen molar-refractivity contribution in [2.24, 2.45) is 29.1 Å². The minimum absolute atomic E-state index is 0.0473. The second-order valence-electron chi connectivity index (χ2n) is 8.65. The van der Waals surface area contributed by atoms with Crippen LogP contribution in [0.4, 0.5) is 0 Å². The predicted octanol–water partition coefficient (Wildman–Crippen LogP) is 4.13. The lowest BCUT2D eigenvalue weighted by Gasteiger charge is -2.42. The van der Waals surface area contributed by atoms with Crippen molar-refractivity contribution in [3.8, 4) is 0 Å². The zero-order chi connectivity index (χ0) is 19.4. The molecule has 26 heavy (non-hydrogen) atoms. The van der Waals surface area contributed by atoms with Crippen molar-refractivity contribution < 1.29 is 14.3 Å². The number of fused-ring (bicyclic) bond motifs is 2. The van der Waals surface area contributed by atoms with E-state index < -0.39 is 17.1 Å². The summed E-state index contributed by atoms with van der Waals surface area (Å²) in [5.41, 5.74) is -0.569. The number of hydrogen-bond acceptors (Lipinski definition) is 5. The molecule has 1 aliphatic heterocycles. The van der Waals surface area contributed by atoms with Crippen molar-refractivity contribution in [2.75, 3.05) is 0 Å². The van der Waals surface area contributed by atoms with Gasteiger partial charge in [-0.15, -0.1) is 0 Å². The molecule has 1 heterocycles. The van der Waals surface area contributed by atoms with Gasteiger partial charge in [0.05, 0.1) is 5.41 Å². The van der Waals surface area contributed by atoms with Crippen molar-refractivity contribution >= 4 is 17.6 Å². The SMILES string of the molecule is C/C=C(/C)C(=N)O[C@H]1[C@@H]2[C@H](C)C(=N)O[C@]2(C)C[C@@H](C)[C@@H]2C=CC(=O)[C@]21C. The fourth-order valence-corrected chi connectivity index (χ4v) is 5.40. The number of carbonyl (C=O) groups excluding carboxylic acids is 1. The van der Waals surface area contributed by atoms with Gasteiger partial charge in [0.1, 0.15) is 11.7 Å². The van der Waals surface area contributed by atoms with Crippen LogP contribution in [0.25, 0.3) is 0 Å². The molecule has 0 amide bonds. The number of ketones is 1. The Morgan fingerprint density at radius 2 is 2.04 bits per heavy atom. The number of hydrogen-bond donors (Lipinski definition) is 2. The molecule has 7 atom stereocenters. The second kappa shape index (κ2) is 6.07. The van der Waals surface area contributed by atoms with Crippen LogP contribution in [-0.4, -0.2) is 29.3 Å². The zero-order valence-corrected chi connectivity index (χ0v) is 16.6. The third-order valence-electron chi connectivity index (χ3n) is 6.97. The molecule has 0 aromatic carbocycles. The quantitative estimate of drug-likeness (QED) is 0.575. The predicted molar refractivity (Wildman–Crippen MR) is 101 cm³/mol. The van der Waals surface area contributed by atoms with Gasteiger partial charge in [0.2, 0.25) is 5.90 Å². The van der Waals surface area contributed by atoms with Crippen LogP contribution < -0.4 is 0 Å². The molecule has 0 spiro atoms. The summed E-state index contributed by atoms with van der Waals surface area (Å²) in [6.07, 6.45) is 5.78. The van der Waals surface area contributed by atoms with E-state index in [2.05, 4.69) is 6.92 Å². The molecule has 0 aromatic heterocycles. The van der Waals surface area contributed by atoms with E-state index in [0.717, 1.165) is 12.0 Å². The maximum atomic E-state index is 13.0. The Morgan fingerprint density at radius 3 is 2.65 bits per heavy atom. The van der Waals surface area contributed by atoms with E-state index in [9.17, 15) is 4.79 Å². The van der Waals surface area contributed by atoms with Crippen LogP contribution in [0.5, 0.6) is 0 Å². The Labute approximate surface area is 155 Å². The van der Waals surface area contributed by atoms with Crippen molar-refractivity contribution in [1.29, 1.82) is 10.8 Å². The van der Waals surface area contributed by atoms with Crippen molar-refractivity contribution in [1.82, 2.24) is 0 Å². The van der Waals surface area contributed by atoms with Gasteiger partial charge < -0.3 is 9.47 Å². The van der Waals surface area contributed by atoms with Crippen LogP contribution in [0, 0.1) is 39.9 Å². The Morgan fingerprint density at radius 1 is 1.38 bits per heavy atom. The molecule has 5 nitrogen and oxygen atoms in total. The highest BCUT2D eigenvalue weighted by atomic mass is 16.5. The van der Waals surface area contributed by atoms with Gasteiger partial charge in [0.15, 0.2) is 11.7 Å².